The molecule has 5 nitrogen and oxygen atoms in total. The fourth-order valence-electron chi connectivity index (χ4n) is 2.95. The van der Waals surface area contributed by atoms with Crippen molar-refractivity contribution < 1.29 is 19.1 Å². The fraction of sp³-hybridized carbons (Fsp3) is 0.909. The number of hydrogen-bond donors (Lipinski definition) is 0. The number of unbranched alkanes of at least 4 members (excludes halogenated alkanes) is 12. The third-order valence-electron chi connectivity index (χ3n) is 4.97. The number of likely N-dealkylation sites (N-methyl/N-ethyl adjacent to an activating group) is 1. The molecule has 1 unspecified atom stereocenters. The number of nitrogens with zero attached hydrogens (tertiary/aromatic N) is 1. The zero-order chi connectivity index (χ0) is 20.3. The summed E-state index contributed by atoms with van der Waals surface area (Å²) in [6, 6.07) is -0.619. The minimum absolute atomic E-state index is 0.296. The monoisotopic (exact) mass is 385 g/mol. The number of carbonyl (C=O) groups is 2. The first-order valence-corrected chi connectivity index (χ1v) is 11.1. The Kier molecular flexibility index (Phi) is 17.3. The van der Waals surface area contributed by atoms with Gasteiger partial charge in [0.2, 0.25) is 0 Å². The third kappa shape index (κ3) is 14.5. The minimum atomic E-state index is -0.619. The summed E-state index contributed by atoms with van der Waals surface area (Å²) in [6.45, 7) is 6.38. The molecule has 0 aliphatic heterocycles. The second-order valence-electron chi connectivity index (χ2n) is 7.40. The predicted octanol–water partition coefficient (Wildman–Crippen LogP) is 6.10. The van der Waals surface area contributed by atoms with E-state index in [9.17, 15) is 9.59 Å². The summed E-state index contributed by atoms with van der Waals surface area (Å²) in [5.41, 5.74) is 0. The maximum Gasteiger partial charge on any atom is 0.410 e. The van der Waals surface area contributed by atoms with Crippen molar-refractivity contribution in [1.82, 2.24) is 4.90 Å². The second-order valence-corrected chi connectivity index (χ2v) is 7.40. The van der Waals surface area contributed by atoms with Gasteiger partial charge in [-0.3, -0.25) is 4.90 Å². The summed E-state index contributed by atoms with van der Waals surface area (Å²) >= 11 is 0. The van der Waals surface area contributed by atoms with E-state index in [0.29, 0.717) is 13.2 Å². The summed E-state index contributed by atoms with van der Waals surface area (Å²) in [5.74, 6) is -0.371. The van der Waals surface area contributed by atoms with Crippen molar-refractivity contribution in [3.8, 4) is 0 Å². The van der Waals surface area contributed by atoms with Gasteiger partial charge in [0.05, 0.1) is 13.2 Å². The molecule has 0 aromatic carbocycles. The lowest BCUT2D eigenvalue weighted by molar-refractivity contribution is -0.148. The van der Waals surface area contributed by atoms with E-state index in [1.165, 1.54) is 75.5 Å². The smallest absolute Gasteiger partial charge is 0.410 e. The van der Waals surface area contributed by atoms with Gasteiger partial charge in [0.15, 0.2) is 0 Å². The zero-order valence-corrected chi connectivity index (χ0v) is 18.3. The van der Waals surface area contributed by atoms with Gasteiger partial charge in [0, 0.05) is 7.05 Å². The van der Waals surface area contributed by atoms with Crippen LogP contribution in [0.3, 0.4) is 0 Å². The number of amides is 1. The first kappa shape index (κ1) is 25.7. The molecule has 0 aliphatic rings. The maximum absolute atomic E-state index is 11.9. The number of carbonyl (C=O) groups excluding carboxylic acids is 2. The van der Waals surface area contributed by atoms with E-state index in [0.717, 1.165) is 12.8 Å². The summed E-state index contributed by atoms with van der Waals surface area (Å²) in [6.07, 6.45) is 16.3. The van der Waals surface area contributed by atoms with Gasteiger partial charge >= 0.3 is 12.1 Å². The average molecular weight is 386 g/mol. The van der Waals surface area contributed by atoms with Gasteiger partial charge in [-0.25, -0.2) is 9.59 Å². The summed E-state index contributed by atoms with van der Waals surface area (Å²) < 4.78 is 10.1. The Balaban J connectivity index is 3.46. The van der Waals surface area contributed by atoms with E-state index in [-0.39, 0.29) is 5.97 Å². The Morgan fingerprint density at radius 3 is 1.63 bits per heavy atom. The molecule has 5 heteroatoms. The van der Waals surface area contributed by atoms with Gasteiger partial charge in [-0.2, -0.15) is 0 Å². The highest BCUT2D eigenvalue weighted by molar-refractivity contribution is 5.80. The number of rotatable bonds is 17. The molecule has 0 aromatic rings. The van der Waals surface area contributed by atoms with Gasteiger partial charge in [-0.1, -0.05) is 84.0 Å². The lowest BCUT2D eigenvalue weighted by atomic mass is 10.0. The van der Waals surface area contributed by atoms with Crippen molar-refractivity contribution in [2.45, 2.75) is 110 Å². The Hall–Kier alpha value is -1.26. The molecule has 0 radical (unpaired) electrons. The molecule has 0 rings (SSSR count). The van der Waals surface area contributed by atoms with E-state index in [4.69, 9.17) is 9.47 Å². The molecular weight excluding hydrogens is 342 g/mol. The van der Waals surface area contributed by atoms with Crippen LogP contribution in [0.5, 0.6) is 0 Å². The average Bonchev–Trinajstić information content (AvgIpc) is 2.67. The van der Waals surface area contributed by atoms with Crippen LogP contribution in [0.1, 0.15) is 104 Å². The molecule has 0 N–H and O–H groups in total. The van der Waals surface area contributed by atoms with Crippen LogP contribution in [0.15, 0.2) is 0 Å². The van der Waals surface area contributed by atoms with Crippen LogP contribution in [0.4, 0.5) is 4.79 Å². The molecule has 160 valence electrons. The van der Waals surface area contributed by atoms with E-state index >= 15 is 0 Å². The summed E-state index contributed by atoms with van der Waals surface area (Å²) in [5, 5.41) is 0. The largest absolute Gasteiger partial charge is 0.464 e. The van der Waals surface area contributed by atoms with E-state index in [1.54, 1.807) is 20.9 Å². The summed E-state index contributed by atoms with van der Waals surface area (Å²) in [7, 11) is 1.55. The second kappa shape index (κ2) is 18.1. The third-order valence-corrected chi connectivity index (χ3v) is 4.97. The lowest BCUT2D eigenvalue weighted by Gasteiger charge is -2.22. The van der Waals surface area contributed by atoms with Crippen molar-refractivity contribution in [2.24, 2.45) is 0 Å². The molecule has 0 heterocycles. The minimum Gasteiger partial charge on any atom is -0.464 e. The van der Waals surface area contributed by atoms with Crippen molar-refractivity contribution in [3.63, 3.8) is 0 Å². The van der Waals surface area contributed by atoms with Crippen molar-refractivity contribution in [1.29, 1.82) is 0 Å². The van der Waals surface area contributed by atoms with Crippen molar-refractivity contribution in [2.75, 3.05) is 20.3 Å². The quantitative estimate of drug-likeness (QED) is 0.224. The number of esters is 1. The zero-order valence-electron chi connectivity index (χ0n) is 18.3. The Morgan fingerprint density at radius 1 is 0.741 bits per heavy atom. The topological polar surface area (TPSA) is 55.8 Å². The van der Waals surface area contributed by atoms with Crippen LogP contribution in [0, 0.1) is 0 Å². The molecule has 1 atom stereocenters. The highest BCUT2D eigenvalue weighted by Crippen LogP contribution is 2.12. The van der Waals surface area contributed by atoms with Gasteiger partial charge in [0.25, 0.3) is 0 Å². The highest BCUT2D eigenvalue weighted by Gasteiger charge is 2.24. The van der Waals surface area contributed by atoms with Crippen LogP contribution in [0.25, 0.3) is 0 Å². The molecule has 0 fully saturated rings. The lowest BCUT2D eigenvalue weighted by Crippen LogP contribution is -2.41. The molecule has 0 saturated carbocycles. The maximum atomic E-state index is 11.9. The number of hydrogen-bond acceptors (Lipinski definition) is 4. The van der Waals surface area contributed by atoms with E-state index < -0.39 is 12.1 Å². The van der Waals surface area contributed by atoms with Crippen LogP contribution < -0.4 is 0 Å². The van der Waals surface area contributed by atoms with Gasteiger partial charge < -0.3 is 9.47 Å². The van der Waals surface area contributed by atoms with Crippen molar-refractivity contribution in [3.05, 3.63) is 0 Å². The van der Waals surface area contributed by atoms with E-state index in [2.05, 4.69) is 6.92 Å². The van der Waals surface area contributed by atoms with Crippen LogP contribution in [0.2, 0.25) is 0 Å². The highest BCUT2D eigenvalue weighted by atomic mass is 16.6. The van der Waals surface area contributed by atoms with Gasteiger partial charge in [-0.05, 0) is 20.3 Å². The molecular formula is C22H43NO4. The first-order chi connectivity index (χ1) is 13.0. The first-order valence-electron chi connectivity index (χ1n) is 11.1. The molecule has 0 bridgehead atoms. The molecule has 0 aliphatic carbocycles. The van der Waals surface area contributed by atoms with Crippen LogP contribution in [-0.4, -0.2) is 43.3 Å². The standard InChI is InChI=1S/C22H43NO4/c1-5-7-8-9-10-11-12-13-14-15-16-17-18-19-27-21(24)20(3)23(4)22(25)26-6-2/h20H,5-19H2,1-4H3. The van der Waals surface area contributed by atoms with Crippen LogP contribution in [-0.2, 0) is 14.3 Å². The van der Waals surface area contributed by atoms with E-state index in [1.807, 2.05) is 0 Å². The predicted molar refractivity (Wildman–Crippen MR) is 111 cm³/mol. The molecule has 27 heavy (non-hydrogen) atoms. The normalized spacial score (nSPS) is 11.9. The molecule has 0 spiro atoms. The van der Waals surface area contributed by atoms with Gasteiger partial charge in [0.1, 0.15) is 6.04 Å². The SMILES string of the molecule is CCCCCCCCCCCCCCCOC(=O)C(C)N(C)C(=O)OCC. The van der Waals surface area contributed by atoms with Gasteiger partial charge in [-0.15, -0.1) is 0 Å². The Morgan fingerprint density at radius 2 is 1.19 bits per heavy atom. The molecule has 0 aromatic heterocycles. The Labute approximate surface area is 167 Å². The Bertz CT molecular complexity index is 373. The van der Waals surface area contributed by atoms with Crippen molar-refractivity contribution >= 4 is 12.1 Å². The fourth-order valence-corrected chi connectivity index (χ4v) is 2.95. The molecule has 0 saturated heterocycles. The molecule has 1 amide bonds. The number of ether oxygens (including phenoxy) is 2. The van der Waals surface area contributed by atoms with Crippen LogP contribution >= 0.6 is 0 Å². The summed E-state index contributed by atoms with van der Waals surface area (Å²) in [4.78, 5) is 24.8.